The van der Waals surface area contributed by atoms with Crippen molar-refractivity contribution in [2.75, 3.05) is 0 Å². The molecule has 4 heteroatoms. The van der Waals surface area contributed by atoms with Crippen LogP contribution in [0.15, 0.2) is 52.2 Å². The summed E-state index contributed by atoms with van der Waals surface area (Å²) in [6, 6.07) is 5.63. The Morgan fingerprint density at radius 2 is 2.24 bits per heavy atom. The molecule has 0 atom stereocenters. The Morgan fingerprint density at radius 3 is 2.94 bits per heavy atom. The van der Waals surface area contributed by atoms with Gasteiger partial charge in [0.05, 0.1) is 23.0 Å². The lowest BCUT2D eigenvalue weighted by molar-refractivity contribution is -0.130. The van der Waals surface area contributed by atoms with Crippen molar-refractivity contribution in [3.63, 3.8) is 0 Å². The summed E-state index contributed by atoms with van der Waals surface area (Å²) in [6.07, 6.45) is 6.64. The van der Waals surface area contributed by atoms with Gasteiger partial charge in [-0.3, -0.25) is 0 Å². The van der Waals surface area contributed by atoms with Gasteiger partial charge in [0.25, 0.3) is 0 Å². The van der Waals surface area contributed by atoms with Crippen LogP contribution in [0.4, 0.5) is 0 Å². The van der Waals surface area contributed by atoms with Gasteiger partial charge in [-0.1, -0.05) is 6.07 Å². The molecule has 84 valence electrons. The van der Waals surface area contributed by atoms with Crippen molar-refractivity contribution < 1.29 is 13.9 Å². The molecule has 0 saturated carbocycles. The molecule has 17 heavy (non-hydrogen) atoms. The molecule has 0 fully saturated rings. The second-order valence-electron chi connectivity index (χ2n) is 3.53. The first-order chi connectivity index (χ1) is 8.33. The molecule has 2 aromatic heterocycles. The summed E-state index contributed by atoms with van der Waals surface area (Å²) < 4.78 is 10.1. The normalized spacial score (nSPS) is 17.3. The van der Waals surface area contributed by atoms with E-state index in [9.17, 15) is 4.79 Å². The zero-order chi connectivity index (χ0) is 11.7. The average Bonchev–Trinajstić information content (AvgIpc) is 3.02. The van der Waals surface area contributed by atoms with Gasteiger partial charge in [-0.25, -0.2) is 4.79 Å². The van der Waals surface area contributed by atoms with E-state index in [2.05, 4.69) is 0 Å². The van der Waals surface area contributed by atoms with E-state index in [1.165, 1.54) is 0 Å². The first kappa shape index (κ1) is 10.1. The zero-order valence-electron chi connectivity index (χ0n) is 8.75. The number of hydrogen-bond donors (Lipinski definition) is 0. The lowest BCUT2D eigenvalue weighted by atomic mass is 10.2. The summed E-state index contributed by atoms with van der Waals surface area (Å²) in [5.41, 5.74) is 1.38. The minimum atomic E-state index is -0.324. The van der Waals surface area contributed by atoms with Crippen LogP contribution in [0.3, 0.4) is 0 Å². The van der Waals surface area contributed by atoms with Crippen LogP contribution >= 0.6 is 11.3 Å². The number of carbonyl (C=O) groups is 1. The van der Waals surface area contributed by atoms with Crippen molar-refractivity contribution in [2.45, 2.75) is 0 Å². The van der Waals surface area contributed by atoms with Gasteiger partial charge in [-0.15, -0.1) is 11.3 Å². The lowest BCUT2D eigenvalue weighted by Crippen LogP contribution is -1.96. The molecule has 0 aromatic carbocycles. The van der Waals surface area contributed by atoms with Crippen LogP contribution in [0.5, 0.6) is 0 Å². The van der Waals surface area contributed by atoms with Crippen molar-refractivity contribution in [1.29, 1.82) is 0 Å². The third kappa shape index (κ3) is 1.94. The van der Waals surface area contributed by atoms with E-state index in [-0.39, 0.29) is 5.97 Å². The van der Waals surface area contributed by atoms with E-state index in [4.69, 9.17) is 9.15 Å². The summed E-state index contributed by atoms with van der Waals surface area (Å²) in [5, 5.41) is 1.95. The van der Waals surface area contributed by atoms with Gasteiger partial charge >= 0.3 is 5.97 Å². The summed E-state index contributed by atoms with van der Waals surface area (Å²) in [7, 11) is 0. The first-order valence-electron chi connectivity index (χ1n) is 5.04. The number of carbonyl (C=O) groups excluding carboxylic acids is 1. The maximum Gasteiger partial charge on any atom is 0.343 e. The minimum absolute atomic E-state index is 0.324. The van der Waals surface area contributed by atoms with E-state index in [0.717, 1.165) is 10.4 Å². The van der Waals surface area contributed by atoms with Gasteiger partial charge in [-0.2, -0.15) is 0 Å². The smallest absolute Gasteiger partial charge is 0.343 e. The molecule has 0 amide bonds. The molecular formula is C13H8O3S. The van der Waals surface area contributed by atoms with Gasteiger partial charge in [0.1, 0.15) is 5.76 Å². The molecule has 3 nitrogen and oxygen atoms in total. The van der Waals surface area contributed by atoms with Crippen LogP contribution in [-0.2, 0) is 9.53 Å². The van der Waals surface area contributed by atoms with Crippen molar-refractivity contribution in [1.82, 2.24) is 0 Å². The molecule has 0 saturated heterocycles. The molecule has 0 N–H and O–H groups in total. The highest BCUT2D eigenvalue weighted by molar-refractivity contribution is 7.11. The number of esters is 1. The predicted molar refractivity (Wildman–Crippen MR) is 65.1 cm³/mol. The Morgan fingerprint density at radius 1 is 1.29 bits per heavy atom. The molecule has 0 radical (unpaired) electrons. The summed E-state index contributed by atoms with van der Waals surface area (Å²) >= 11 is 1.54. The van der Waals surface area contributed by atoms with Crippen molar-refractivity contribution >= 4 is 29.1 Å². The summed E-state index contributed by atoms with van der Waals surface area (Å²) in [4.78, 5) is 12.6. The number of furan rings is 1. The van der Waals surface area contributed by atoms with Crippen LogP contribution in [0.2, 0.25) is 0 Å². The Balaban J connectivity index is 1.95. The second-order valence-corrected chi connectivity index (χ2v) is 4.48. The fourth-order valence-corrected chi connectivity index (χ4v) is 2.24. The maximum atomic E-state index is 11.6. The predicted octanol–water partition coefficient (Wildman–Crippen LogP) is 3.32. The summed E-state index contributed by atoms with van der Waals surface area (Å²) in [6.45, 7) is 0. The Hall–Kier alpha value is -2.07. The highest BCUT2D eigenvalue weighted by Gasteiger charge is 2.22. The standard InChI is InChI=1S/C13H8O3S/c14-13-10(6-9-3-4-15-8-9)7-11(16-13)12-2-1-5-17-12/h1-8H. The monoisotopic (exact) mass is 244 g/mol. The largest absolute Gasteiger partial charge is 0.472 e. The molecule has 3 rings (SSSR count). The third-order valence-corrected chi connectivity index (χ3v) is 3.24. The van der Waals surface area contributed by atoms with Gasteiger partial charge in [0, 0.05) is 5.56 Å². The molecule has 0 bridgehead atoms. The Labute approximate surface area is 102 Å². The van der Waals surface area contributed by atoms with Gasteiger partial charge in [-0.05, 0) is 29.7 Å². The van der Waals surface area contributed by atoms with E-state index in [0.29, 0.717) is 11.3 Å². The minimum Gasteiger partial charge on any atom is -0.472 e. The molecule has 0 unspecified atom stereocenters. The van der Waals surface area contributed by atoms with Gasteiger partial charge < -0.3 is 9.15 Å². The molecule has 0 aliphatic carbocycles. The van der Waals surface area contributed by atoms with E-state index in [1.54, 1.807) is 42.1 Å². The molecule has 0 spiro atoms. The molecule has 3 heterocycles. The number of rotatable bonds is 2. The van der Waals surface area contributed by atoms with Crippen LogP contribution in [-0.4, -0.2) is 5.97 Å². The number of cyclic esters (lactones) is 1. The van der Waals surface area contributed by atoms with Crippen LogP contribution in [0.25, 0.3) is 11.8 Å². The topological polar surface area (TPSA) is 39.4 Å². The van der Waals surface area contributed by atoms with Crippen LogP contribution in [0.1, 0.15) is 10.4 Å². The SMILES string of the molecule is O=C1OC(c2cccs2)=CC1=Cc1ccoc1. The summed E-state index contributed by atoms with van der Waals surface area (Å²) in [5.74, 6) is 0.286. The second kappa shape index (κ2) is 4.07. The Bertz CT molecular complexity index is 589. The quantitative estimate of drug-likeness (QED) is 0.601. The Kier molecular flexibility index (Phi) is 2.42. The van der Waals surface area contributed by atoms with Crippen LogP contribution in [0, 0.1) is 0 Å². The zero-order valence-corrected chi connectivity index (χ0v) is 9.57. The van der Waals surface area contributed by atoms with E-state index < -0.39 is 0 Å². The number of hydrogen-bond acceptors (Lipinski definition) is 4. The van der Waals surface area contributed by atoms with Gasteiger partial charge in [0.15, 0.2) is 0 Å². The molecular weight excluding hydrogens is 236 g/mol. The van der Waals surface area contributed by atoms with E-state index in [1.807, 2.05) is 17.5 Å². The first-order valence-corrected chi connectivity index (χ1v) is 5.92. The van der Waals surface area contributed by atoms with Crippen molar-refractivity contribution in [3.05, 3.63) is 58.2 Å². The van der Waals surface area contributed by atoms with E-state index >= 15 is 0 Å². The lowest BCUT2D eigenvalue weighted by Gasteiger charge is -1.95. The highest BCUT2D eigenvalue weighted by Crippen LogP contribution is 2.29. The fraction of sp³-hybridized carbons (Fsp3) is 0. The molecule has 1 aliphatic heterocycles. The molecule has 2 aromatic rings. The fourth-order valence-electron chi connectivity index (χ4n) is 1.57. The van der Waals surface area contributed by atoms with Crippen molar-refractivity contribution in [3.8, 4) is 0 Å². The van der Waals surface area contributed by atoms with Crippen LogP contribution < -0.4 is 0 Å². The number of thiophene rings is 1. The highest BCUT2D eigenvalue weighted by atomic mass is 32.1. The third-order valence-electron chi connectivity index (χ3n) is 2.35. The molecule has 1 aliphatic rings. The number of ether oxygens (including phenoxy) is 1. The van der Waals surface area contributed by atoms with Gasteiger partial charge in [0.2, 0.25) is 0 Å². The van der Waals surface area contributed by atoms with Crippen molar-refractivity contribution in [2.24, 2.45) is 0 Å². The maximum absolute atomic E-state index is 11.6. The average molecular weight is 244 g/mol.